The Morgan fingerprint density at radius 3 is 2.64 bits per heavy atom. The van der Waals surface area contributed by atoms with Gasteiger partial charge in [0.2, 0.25) is 0 Å². The number of piperidine rings is 1. The lowest BCUT2D eigenvalue weighted by Crippen LogP contribution is -2.48. The second-order valence-corrected chi connectivity index (χ2v) is 7.32. The highest BCUT2D eigenvalue weighted by Crippen LogP contribution is 2.24. The van der Waals surface area contributed by atoms with E-state index in [1.165, 1.54) is 9.88 Å². The molecule has 0 spiro atoms. The van der Waals surface area contributed by atoms with E-state index in [1.807, 2.05) is 18.4 Å². The number of hydrogen-bond donors (Lipinski definition) is 2. The first kappa shape index (κ1) is 15.4. The molecule has 0 aliphatic carbocycles. The van der Waals surface area contributed by atoms with Crippen LogP contribution in [0.1, 0.15) is 17.7 Å². The van der Waals surface area contributed by atoms with E-state index in [0.29, 0.717) is 6.04 Å². The van der Waals surface area contributed by atoms with Crippen LogP contribution < -0.4 is 15.5 Å². The topological polar surface area (TPSA) is 39.7 Å². The van der Waals surface area contributed by atoms with Crippen molar-refractivity contribution >= 4 is 33.6 Å². The van der Waals surface area contributed by atoms with E-state index in [2.05, 4.69) is 55.6 Å². The van der Waals surface area contributed by atoms with Crippen molar-refractivity contribution in [2.45, 2.75) is 25.4 Å². The Kier molecular flexibility index (Phi) is 5.34. The third-order valence-corrected chi connectivity index (χ3v) is 5.69. The zero-order valence-corrected chi connectivity index (χ0v) is 14.4. The lowest BCUT2D eigenvalue weighted by Gasteiger charge is -2.33. The van der Waals surface area contributed by atoms with E-state index >= 15 is 0 Å². The number of rotatable bonds is 4. The van der Waals surface area contributed by atoms with Crippen LogP contribution in [-0.4, -0.2) is 32.1 Å². The first-order valence-electron chi connectivity index (χ1n) is 7.63. The highest BCUT2D eigenvalue weighted by Gasteiger charge is 2.20. The molecule has 1 aliphatic rings. The van der Waals surface area contributed by atoms with E-state index < -0.39 is 0 Å². The van der Waals surface area contributed by atoms with Crippen LogP contribution in [0.25, 0.3) is 0 Å². The third-order valence-electron chi connectivity index (χ3n) is 3.89. The summed E-state index contributed by atoms with van der Waals surface area (Å²) >= 11 is 3.60. The number of thiophene rings is 2. The molecule has 2 aromatic rings. The number of aliphatic imine (C=N–C) groups is 1. The summed E-state index contributed by atoms with van der Waals surface area (Å²) in [4.78, 5) is 8.14. The van der Waals surface area contributed by atoms with Crippen molar-refractivity contribution in [3.63, 3.8) is 0 Å². The summed E-state index contributed by atoms with van der Waals surface area (Å²) < 4.78 is 0. The molecule has 0 saturated carbocycles. The first-order valence-corrected chi connectivity index (χ1v) is 9.39. The Hall–Kier alpha value is -1.53. The quantitative estimate of drug-likeness (QED) is 0.666. The van der Waals surface area contributed by atoms with Gasteiger partial charge in [-0.3, -0.25) is 4.99 Å². The van der Waals surface area contributed by atoms with Gasteiger partial charge in [0, 0.05) is 31.1 Å². The minimum absolute atomic E-state index is 0.505. The summed E-state index contributed by atoms with van der Waals surface area (Å²) in [7, 11) is 1.84. The molecule has 3 rings (SSSR count). The molecule has 1 fully saturated rings. The second-order valence-electron chi connectivity index (χ2n) is 5.36. The largest absolute Gasteiger partial charge is 0.363 e. The van der Waals surface area contributed by atoms with Gasteiger partial charge in [0.05, 0.1) is 11.5 Å². The fourth-order valence-corrected chi connectivity index (χ4v) is 4.10. The number of anilines is 1. The van der Waals surface area contributed by atoms with Gasteiger partial charge in [0.25, 0.3) is 0 Å². The highest BCUT2D eigenvalue weighted by atomic mass is 32.1. The van der Waals surface area contributed by atoms with Crippen LogP contribution in [0.4, 0.5) is 5.00 Å². The molecule has 0 atom stereocenters. The molecule has 22 heavy (non-hydrogen) atoms. The highest BCUT2D eigenvalue weighted by molar-refractivity contribution is 7.14. The molecule has 0 bridgehead atoms. The van der Waals surface area contributed by atoms with Crippen LogP contribution >= 0.6 is 22.7 Å². The Morgan fingerprint density at radius 2 is 2.00 bits per heavy atom. The van der Waals surface area contributed by atoms with E-state index in [1.54, 1.807) is 11.3 Å². The maximum Gasteiger partial charge on any atom is 0.191 e. The number of guanidine groups is 1. The molecule has 0 radical (unpaired) electrons. The maximum absolute atomic E-state index is 4.34. The molecule has 0 amide bonds. The third kappa shape index (κ3) is 4.01. The summed E-state index contributed by atoms with van der Waals surface area (Å²) in [5.74, 6) is 0.906. The van der Waals surface area contributed by atoms with Crippen LogP contribution in [0, 0.1) is 0 Å². The second kappa shape index (κ2) is 7.65. The zero-order chi connectivity index (χ0) is 15.2. The first-order chi connectivity index (χ1) is 10.8. The zero-order valence-electron chi connectivity index (χ0n) is 12.8. The van der Waals surface area contributed by atoms with Crippen molar-refractivity contribution in [1.29, 1.82) is 0 Å². The van der Waals surface area contributed by atoms with Gasteiger partial charge in [0.1, 0.15) is 0 Å². The molecular weight excluding hydrogens is 312 g/mol. The predicted molar refractivity (Wildman–Crippen MR) is 97.2 cm³/mol. The molecular formula is C16H22N4S2. The molecule has 1 saturated heterocycles. The number of nitrogens with one attached hydrogen (secondary N) is 2. The van der Waals surface area contributed by atoms with Crippen LogP contribution in [0.5, 0.6) is 0 Å². The van der Waals surface area contributed by atoms with Gasteiger partial charge in [-0.15, -0.1) is 22.7 Å². The van der Waals surface area contributed by atoms with Gasteiger partial charge in [-0.25, -0.2) is 0 Å². The van der Waals surface area contributed by atoms with Gasteiger partial charge in [-0.05, 0) is 41.8 Å². The Morgan fingerprint density at radius 1 is 1.23 bits per heavy atom. The Balaban J connectivity index is 1.44. The lowest BCUT2D eigenvalue weighted by atomic mass is 10.1. The standard InChI is InChI=1S/C16H22N4S2/c1-17-16(18-12-14-4-2-10-21-14)19-13-6-8-20(9-7-13)15-5-3-11-22-15/h2-5,10-11,13H,6-9,12H2,1H3,(H2,17,18,19). The van der Waals surface area contributed by atoms with E-state index in [0.717, 1.165) is 38.4 Å². The molecule has 0 unspecified atom stereocenters. The molecule has 118 valence electrons. The monoisotopic (exact) mass is 334 g/mol. The fraction of sp³-hybridized carbons (Fsp3) is 0.438. The molecule has 4 nitrogen and oxygen atoms in total. The molecule has 6 heteroatoms. The maximum atomic E-state index is 4.34. The number of hydrogen-bond acceptors (Lipinski definition) is 4. The van der Waals surface area contributed by atoms with Gasteiger partial charge in [-0.1, -0.05) is 6.07 Å². The SMILES string of the molecule is CN=C(NCc1cccs1)NC1CCN(c2cccs2)CC1. The average Bonchev–Trinajstić information content (AvgIpc) is 3.25. The number of nitrogens with zero attached hydrogens (tertiary/aromatic N) is 2. The van der Waals surface area contributed by atoms with Crippen LogP contribution in [0.2, 0.25) is 0 Å². The minimum atomic E-state index is 0.505. The Labute approximate surface area is 139 Å². The predicted octanol–water partition coefficient (Wildman–Crippen LogP) is 3.14. The Bertz CT molecular complexity index is 569. The summed E-state index contributed by atoms with van der Waals surface area (Å²) in [6.07, 6.45) is 2.30. The summed E-state index contributed by atoms with van der Waals surface area (Å²) in [6.45, 7) is 3.06. The molecule has 1 aliphatic heterocycles. The molecule has 0 aromatic carbocycles. The normalized spacial score (nSPS) is 16.8. The van der Waals surface area contributed by atoms with Gasteiger partial charge >= 0.3 is 0 Å². The van der Waals surface area contributed by atoms with Crippen molar-refractivity contribution in [3.05, 3.63) is 39.9 Å². The van der Waals surface area contributed by atoms with Crippen molar-refractivity contribution < 1.29 is 0 Å². The summed E-state index contributed by atoms with van der Waals surface area (Å²) in [5, 5.41) is 12.6. The van der Waals surface area contributed by atoms with Gasteiger partial charge in [-0.2, -0.15) is 0 Å². The molecule has 3 heterocycles. The van der Waals surface area contributed by atoms with E-state index in [-0.39, 0.29) is 0 Å². The lowest BCUT2D eigenvalue weighted by molar-refractivity contribution is 0.463. The van der Waals surface area contributed by atoms with Crippen molar-refractivity contribution in [1.82, 2.24) is 10.6 Å². The average molecular weight is 335 g/mol. The van der Waals surface area contributed by atoms with E-state index in [9.17, 15) is 0 Å². The minimum Gasteiger partial charge on any atom is -0.363 e. The van der Waals surface area contributed by atoms with Crippen molar-refractivity contribution in [2.75, 3.05) is 25.0 Å². The van der Waals surface area contributed by atoms with Gasteiger partial charge in [0.15, 0.2) is 5.96 Å². The van der Waals surface area contributed by atoms with Crippen LogP contribution in [0.15, 0.2) is 40.0 Å². The summed E-state index contributed by atoms with van der Waals surface area (Å²) in [5.41, 5.74) is 0. The van der Waals surface area contributed by atoms with Crippen LogP contribution in [0.3, 0.4) is 0 Å². The van der Waals surface area contributed by atoms with E-state index in [4.69, 9.17) is 0 Å². The van der Waals surface area contributed by atoms with Gasteiger partial charge < -0.3 is 15.5 Å². The fourth-order valence-electron chi connectivity index (χ4n) is 2.67. The summed E-state index contributed by atoms with van der Waals surface area (Å²) in [6, 6.07) is 9.06. The van der Waals surface area contributed by atoms with Crippen molar-refractivity contribution in [3.8, 4) is 0 Å². The van der Waals surface area contributed by atoms with Crippen molar-refractivity contribution in [2.24, 2.45) is 4.99 Å². The smallest absolute Gasteiger partial charge is 0.191 e. The molecule has 2 aromatic heterocycles. The van der Waals surface area contributed by atoms with Crippen LogP contribution in [-0.2, 0) is 6.54 Å². The molecule has 2 N–H and O–H groups in total.